The second kappa shape index (κ2) is 6.16. The lowest BCUT2D eigenvalue weighted by atomic mass is 9.79. The maximum atomic E-state index is 11.6. The Hall–Kier alpha value is -1.13. The first-order valence-corrected chi connectivity index (χ1v) is 7.54. The predicted octanol–water partition coefficient (Wildman–Crippen LogP) is 0.709. The van der Waals surface area contributed by atoms with E-state index < -0.39 is 27.2 Å². The SMILES string of the molecule is CC(C#N)S(=O)(=O)NCC1CCCCC1C(=O)O. The Labute approximate surface area is 107 Å². The number of carbonyl (C=O) groups is 1. The van der Waals surface area contributed by atoms with Crippen molar-refractivity contribution in [1.29, 1.82) is 5.26 Å². The van der Waals surface area contributed by atoms with Gasteiger partial charge in [-0.2, -0.15) is 5.26 Å². The quantitative estimate of drug-likeness (QED) is 0.767. The maximum Gasteiger partial charge on any atom is 0.306 e. The van der Waals surface area contributed by atoms with Crippen molar-refractivity contribution in [2.24, 2.45) is 11.8 Å². The Bertz CT molecular complexity index is 440. The highest BCUT2D eigenvalue weighted by atomic mass is 32.2. The van der Waals surface area contributed by atoms with E-state index in [1.165, 1.54) is 6.92 Å². The van der Waals surface area contributed by atoms with Crippen LogP contribution in [0.25, 0.3) is 0 Å². The van der Waals surface area contributed by atoms with Crippen molar-refractivity contribution in [2.75, 3.05) is 6.54 Å². The van der Waals surface area contributed by atoms with Gasteiger partial charge >= 0.3 is 5.97 Å². The lowest BCUT2D eigenvalue weighted by molar-refractivity contribution is -0.144. The minimum Gasteiger partial charge on any atom is -0.481 e. The summed E-state index contributed by atoms with van der Waals surface area (Å²) in [5.41, 5.74) is 0. The molecule has 2 N–H and O–H groups in total. The predicted molar refractivity (Wildman–Crippen MR) is 65.1 cm³/mol. The van der Waals surface area contributed by atoms with Crippen molar-refractivity contribution in [3.8, 4) is 6.07 Å². The molecule has 1 aliphatic carbocycles. The van der Waals surface area contributed by atoms with Crippen molar-refractivity contribution >= 4 is 16.0 Å². The van der Waals surface area contributed by atoms with E-state index >= 15 is 0 Å². The third kappa shape index (κ3) is 3.68. The molecular weight excluding hydrogens is 256 g/mol. The third-order valence-electron chi connectivity index (χ3n) is 3.42. The van der Waals surface area contributed by atoms with E-state index in [2.05, 4.69) is 4.72 Å². The van der Waals surface area contributed by atoms with E-state index in [4.69, 9.17) is 10.4 Å². The molecule has 1 rings (SSSR count). The number of hydrogen-bond donors (Lipinski definition) is 2. The largest absolute Gasteiger partial charge is 0.481 e. The van der Waals surface area contributed by atoms with Gasteiger partial charge in [0.05, 0.1) is 12.0 Å². The molecule has 0 aromatic carbocycles. The van der Waals surface area contributed by atoms with E-state index in [9.17, 15) is 13.2 Å². The molecule has 1 saturated carbocycles. The first kappa shape index (κ1) is 14.9. The molecule has 0 aliphatic heterocycles. The average molecular weight is 274 g/mol. The van der Waals surface area contributed by atoms with Crippen LogP contribution in [0.3, 0.4) is 0 Å². The molecule has 0 radical (unpaired) electrons. The molecule has 102 valence electrons. The minimum absolute atomic E-state index is 0.103. The number of hydrogen-bond acceptors (Lipinski definition) is 4. The van der Waals surface area contributed by atoms with E-state index in [1.807, 2.05) is 0 Å². The lowest BCUT2D eigenvalue weighted by Gasteiger charge is -2.28. The third-order valence-corrected chi connectivity index (χ3v) is 5.03. The van der Waals surface area contributed by atoms with Crippen molar-refractivity contribution in [2.45, 2.75) is 37.9 Å². The standard InChI is InChI=1S/C11H18N2O4S/c1-8(6-12)18(16,17)13-7-9-4-2-3-5-10(9)11(14)15/h8-10,13H,2-5,7H2,1H3,(H,14,15). The van der Waals surface area contributed by atoms with Crippen molar-refractivity contribution in [3.05, 3.63) is 0 Å². The van der Waals surface area contributed by atoms with Crippen LogP contribution in [0.15, 0.2) is 0 Å². The van der Waals surface area contributed by atoms with Crippen molar-refractivity contribution in [1.82, 2.24) is 4.72 Å². The number of carboxylic acids is 1. The molecule has 1 aliphatic rings. The van der Waals surface area contributed by atoms with Gasteiger partial charge < -0.3 is 5.11 Å². The Kier molecular flexibility index (Phi) is 5.11. The lowest BCUT2D eigenvalue weighted by Crippen LogP contribution is -2.39. The van der Waals surface area contributed by atoms with Crippen LogP contribution >= 0.6 is 0 Å². The molecule has 0 aromatic heterocycles. The molecule has 0 saturated heterocycles. The summed E-state index contributed by atoms with van der Waals surface area (Å²) < 4.78 is 25.6. The number of nitrogens with zero attached hydrogens (tertiary/aromatic N) is 1. The molecule has 0 amide bonds. The fourth-order valence-corrected chi connectivity index (χ4v) is 3.03. The van der Waals surface area contributed by atoms with E-state index in [-0.39, 0.29) is 12.5 Å². The molecule has 3 atom stereocenters. The summed E-state index contributed by atoms with van der Waals surface area (Å²) in [6.07, 6.45) is 3.09. The highest BCUT2D eigenvalue weighted by molar-refractivity contribution is 7.90. The Balaban J connectivity index is 2.62. The van der Waals surface area contributed by atoms with Gasteiger partial charge in [-0.15, -0.1) is 0 Å². The first-order chi connectivity index (χ1) is 8.38. The summed E-state index contributed by atoms with van der Waals surface area (Å²) in [4.78, 5) is 11.0. The summed E-state index contributed by atoms with van der Waals surface area (Å²) in [7, 11) is -3.66. The summed E-state index contributed by atoms with van der Waals surface area (Å²) in [6.45, 7) is 1.41. The first-order valence-electron chi connectivity index (χ1n) is 5.99. The van der Waals surface area contributed by atoms with Crippen LogP contribution in [0.5, 0.6) is 0 Å². The van der Waals surface area contributed by atoms with Crippen LogP contribution in [0.1, 0.15) is 32.6 Å². The van der Waals surface area contributed by atoms with Gasteiger partial charge in [0.25, 0.3) is 0 Å². The summed E-state index contributed by atoms with van der Waals surface area (Å²) in [5.74, 6) is -1.54. The highest BCUT2D eigenvalue weighted by Crippen LogP contribution is 2.29. The Morgan fingerprint density at radius 3 is 2.67 bits per heavy atom. The number of sulfonamides is 1. The molecule has 0 heterocycles. The summed E-state index contributed by atoms with van der Waals surface area (Å²) >= 11 is 0. The van der Waals surface area contributed by atoms with Gasteiger partial charge in [-0.3, -0.25) is 4.79 Å². The normalized spacial score (nSPS) is 26.2. The second-order valence-electron chi connectivity index (χ2n) is 4.65. The number of aliphatic carboxylic acids is 1. The number of nitrogens with one attached hydrogen (secondary N) is 1. The highest BCUT2D eigenvalue weighted by Gasteiger charge is 2.32. The van der Waals surface area contributed by atoms with Crippen LogP contribution in [0.2, 0.25) is 0 Å². The molecule has 1 fully saturated rings. The average Bonchev–Trinajstić information content (AvgIpc) is 2.35. The summed E-state index contributed by atoms with van der Waals surface area (Å²) in [6, 6.07) is 1.66. The fraction of sp³-hybridized carbons (Fsp3) is 0.818. The second-order valence-corrected chi connectivity index (χ2v) is 6.74. The molecular formula is C11H18N2O4S. The zero-order valence-electron chi connectivity index (χ0n) is 10.3. The molecule has 6 nitrogen and oxygen atoms in total. The molecule has 3 unspecified atom stereocenters. The minimum atomic E-state index is -3.66. The Morgan fingerprint density at radius 1 is 1.50 bits per heavy atom. The number of rotatable bonds is 5. The smallest absolute Gasteiger partial charge is 0.306 e. The van der Waals surface area contributed by atoms with Crippen LogP contribution in [0, 0.1) is 23.2 Å². The van der Waals surface area contributed by atoms with Crippen LogP contribution in [0.4, 0.5) is 0 Å². The summed E-state index contributed by atoms with van der Waals surface area (Å²) in [5, 5.41) is 16.5. The van der Waals surface area contributed by atoms with Gasteiger partial charge in [-0.1, -0.05) is 12.8 Å². The van der Waals surface area contributed by atoms with Gasteiger partial charge in [-0.05, 0) is 25.7 Å². The number of nitriles is 1. The zero-order chi connectivity index (χ0) is 13.8. The Morgan fingerprint density at radius 2 is 2.11 bits per heavy atom. The van der Waals surface area contributed by atoms with Gasteiger partial charge in [-0.25, -0.2) is 13.1 Å². The molecule has 7 heteroatoms. The topological polar surface area (TPSA) is 107 Å². The maximum absolute atomic E-state index is 11.6. The van der Waals surface area contributed by atoms with Crippen LogP contribution in [-0.4, -0.2) is 31.3 Å². The zero-order valence-corrected chi connectivity index (χ0v) is 11.1. The van der Waals surface area contributed by atoms with Crippen molar-refractivity contribution < 1.29 is 18.3 Å². The van der Waals surface area contributed by atoms with Crippen LogP contribution < -0.4 is 4.72 Å². The van der Waals surface area contributed by atoms with Crippen LogP contribution in [-0.2, 0) is 14.8 Å². The molecule has 18 heavy (non-hydrogen) atoms. The van der Waals surface area contributed by atoms with E-state index in [1.54, 1.807) is 6.07 Å². The number of carboxylic acid groups (broad SMARTS) is 1. The van der Waals surface area contributed by atoms with E-state index in [0.717, 1.165) is 12.8 Å². The molecule has 0 spiro atoms. The fourth-order valence-electron chi connectivity index (χ4n) is 2.19. The van der Waals surface area contributed by atoms with E-state index in [0.29, 0.717) is 12.8 Å². The molecule has 0 aromatic rings. The van der Waals surface area contributed by atoms with Crippen molar-refractivity contribution in [3.63, 3.8) is 0 Å². The molecule has 0 bridgehead atoms. The van der Waals surface area contributed by atoms with Gasteiger partial charge in [0, 0.05) is 6.54 Å². The van der Waals surface area contributed by atoms with Gasteiger partial charge in [0.2, 0.25) is 10.0 Å². The monoisotopic (exact) mass is 274 g/mol. The van der Waals surface area contributed by atoms with Gasteiger partial charge in [0.15, 0.2) is 5.25 Å². The van der Waals surface area contributed by atoms with Gasteiger partial charge in [0.1, 0.15) is 0 Å².